The maximum Gasteiger partial charge on any atom is 0.312 e. The van der Waals surface area contributed by atoms with E-state index >= 15 is 0 Å². The van der Waals surface area contributed by atoms with E-state index in [0.717, 1.165) is 154 Å². The van der Waals surface area contributed by atoms with Crippen molar-refractivity contribution in [2.45, 2.75) is 376 Å². The fourth-order valence-electron chi connectivity index (χ4n) is 19.2. The second-order valence-electron chi connectivity index (χ2n) is 31.5. The Labute approximate surface area is 608 Å². The van der Waals surface area contributed by atoms with Gasteiger partial charge in [-0.05, 0) is 191 Å². The standard InChI is InChI=1S/C17H30O2.C16H28O3.3C10H16O3.C10H18O2.C9H16O3/c1-4-13-11-14(5-2)15(12-13)16(18)19-17(6-3)9-7-8-10-17;1-4-12-11-13(14(5-2)18-12)15(17)19-16(6-3)9-7-8-10-16;3*1-3-7-6-5-12-10(11)9(6)8(4-2)13-7;1-3-7-5-8(4-2)9(6-7)10(11)12;1-3-6-5-7(9(10)11)8(4-2)12-6/h13-15H,4-12H2,1-3H3;12-14H,4-11H2,1-3H3;3*6-9H,3-5H2,1-2H3;7-9H,3-6H2,1-2H3,(H,11,12);6-8H,3-5H2,1-2H3,(H,10,11). The van der Waals surface area contributed by atoms with Crippen molar-refractivity contribution in [1.82, 2.24) is 0 Å². The number of carbonyl (C=O) groups is 7. The molecular weight excluding hydrogens is 1290 g/mol. The highest BCUT2D eigenvalue weighted by molar-refractivity contribution is 5.78. The van der Waals surface area contributed by atoms with Gasteiger partial charge < -0.3 is 57.6 Å². The van der Waals surface area contributed by atoms with E-state index in [9.17, 15) is 33.6 Å². The molecule has 8 aliphatic heterocycles. The summed E-state index contributed by atoms with van der Waals surface area (Å²) in [5.74, 6) is 1.91. The first-order valence-corrected chi connectivity index (χ1v) is 41.2. The number of carboxylic acids is 2. The zero-order valence-corrected chi connectivity index (χ0v) is 65.5. The number of fused-ring (bicyclic) bond motifs is 3. The van der Waals surface area contributed by atoms with Crippen molar-refractivity contribution in [3.63, 3.8) is 0 Å². The van der Waals surface area contributed by atoms with Crippen molar-refractivity contribution >= 4 is 41.8 Å². The second-order valence-corrected chi connectivity index (χ2v) is 31.5. The molecule has 8 heterocycles. The van der Waals surface area contributed by atoms with Crippen LogP contribution in [0.25, 0.3) is 0 Å². The minimum absolute atomic E-state index is 0.00782. The molecule has 0 radical (unpaired) electrons. The predicted molar refractivity (Wildman–Crippen MR) is 387 cm³/mol. The zero-order chi connectivity index (χ0) is 74.3. The van der Waals surface area contributed by atoms with Crippen LogP contribution in [-0.2, 0) is 80.9 Å². The summed E-state index contributed by atoms with van der Waals surface area (Å²) in [4.78, 5) is 80.8. The van der Waals surface area contributed by atoms with Crippen LogP contribution >= 0.6 is 0 Å². The number of hydrogen-bond donors (Lipinski definition) is 2. The molecule has 12 rings (SSSR count). The molecule has 4 saturated carbocycles. The fourth-order valence-corrected chi connectivity index (χ4v) is 19.2. The van der Waals surface area contributed by atoms with Gasteiger partial charge in [-0.1, -0.05) is 136 Å². The average molecular weight is 1430 g/mol. The molecule has 2 N–H and O–H groups in total. The van der Waals surface area contributed by atoms with Crippen molar-refractivity contribution < 1.29 is 91.1 Å². The Morgan fingerprint density at radius 3 is 0.931 bits per heavy atom. The van der Waals surface area contributed by atoms with Gasteiger partial charge in [-0.15, -0.1) is 0 Å². The van der Waals surface area contributed by atoms with E-state index in [2.05, 4.69) is 96.9 Å². The quantitative estimate of drug-likeness (QED) is 0.0755. The lowest BCUT2D eigenvalue weighted by Crippen LogP contribution is -2.36. The van der Waals surface area contributed by atoms with E-state index in [1.54, 1.807) is 0 Å². The van der Waals surface area contributed by atoms with Gasteiger partial charge in [-0.25, -0.2) is 0 Å². The van der Waals surface area contributed by atoms with Crippen LogP contribution in [0.5, 0.6) is 0 Å². The molecule has 12 aliphatic rings. The van der Waals surface area contributed by atoms with E-state index in [0.29, 0.717) is 61.7 Å². The Morgan fingerprint density at radius 2 is 0.653 bits per heavy atom. The van der Waals surface area contributed by atoms with Crippen LogP contribution in [0.2, 0.25) is 0 Å². The van der Waals surface area contributed by atoms with Crippen LogP contribution in [0.1, 0.15) is 303 Å². The number of carboxylic acid groups (broad SMARTS) is 2. The Kier molecular flexibility index (Phi) is 35.6. The zero-order valence-electron chi connectivity index (χ0n) is 65.5. The van der Waals surface area contributed by atoms with Crippen molar-refractivity contribution in [2.24, 2.45) is 82.9 Å². The number of aliphatic carboxylic acids is 2. The van der Waals surface area contributed by atoms with E-state index in [1.807, 2.05) is 13.8 Å². The van der Waals surface area contributed by atoms with Crippen LogP contribution in [0, 0.1) is 82.9 Å². The molecule has 582 valence electrons. The van der Waals surface area contributed by atoms with Gasteiger partial charge >= 0.3 is 41.8 Å². The molecule has 24 unspecified atom stereocenters. The van der Waals surface area contributed by atoms with Gasteiger partial charge in [0.05, 0.1) is 122 Å². The Morgan fingerprint density at radius 1 is 0.347 bits per heavy atom. The highest BCUT2D eigenvalue weighted by atomic mass is 16.6. The molecule has 0 aromatic carbocycles. The predicted octanol–water partition coefficient (Wildman–Crippen LogP) is 16.8. The summed E-state index contributed by atoms with van der Waals surface area (Å²) in [6.07, 6.45) is 32.0. The SMILES string of the molecule is CCC1CC(C(=O)O)C(CC)O1.CCC1CC(C(=O)OC2(CC)CCCC2)C(CC)O1.CCC1CC(CC)C(C(=O)O)C1.CCC1CC(CC)C(C(=O)OC2(CC)CCCC2)C1.CCC1OC(CC)C2C(=O)OCC12.CCC1OC(CC)C2C(=O)OCC12.CCC1OC(CC)C2C(=O)OCC12. The molecule has 101 heavy (non-hydrogen) atoms. The number of hydrogen-bond acceptors (Lipinski definition) is 17. The topological polar surface area (TPSA) is 252 Å². The van der Waals surface area contributed by atoms with Crippen LogP contribution in [0.4, 0.5) is 0 Å². The lowest BCUT2D eigenvalue weighted by atomic mass is 9.88. The van der Waals surface area contributed by atoms with E-state index in [4.69, 9.17) is 57.6 Å². The molecule has 0 bridgehead atoms. The molecule has 19 heteroatoms. The third-order valence-corrected chi connectivity index (χ3v) is 25.9. The van der Waals surface area contributed by atoms with Gasteiger partial charge in [-0.2, -0.15) is 0 Å². The molecule has 12 fully saturated rings. The first-order chi connectivity index (χ1) is 48.5. The van der Waals surface area contributed by atoms with Gasteiger partial charge in [0.15, 0.2) is 0 Å². The van der Waals surface area contributed by atoms with Crippen molar-refractivity contribution in [1.29, 1.82) is 0 Å². The van der Waals surface area contributed by atoms with Crippen LogP contribution in [0.3, 0.4) is 0 Å². The minimum atomic E-state index is -0.710. The smallest absolute Gasteiger partial charge is 0.312 e. The third kappa shape index (κ3) is 21.9. The summed E-state index contributed by atoms with van der Waals surface area (Å²) < 4.78 is 56.0. The summed E-state index contributed by atoms with van der Waals surface area (Å²) in [7, 11) is 0. The van der Waals surface area contributed by atoms with Crippen LogP contribution in [-0.4, -0.2) is 144 Å². The molecule has 24 atom stereocenters. The van der Waals surface area contributed by atoms with Crippen LogP contribution < -0.4 is 0 Å². The lowest BCUT2D eigenvalue weighted by Gasteiger charge is -2.30. The maximum absolute atomic E-state index is 12.6. The largest absolute Gasteiger partial charge is 0.481 e. The number of rotatable bonds is 22. The monoisotopic (exact) mass is 1430 g/mol. The number of esters is 5. The second kappa shape index (κ2) is 41.8. The van der Waals surface area contributed by atoms with E-state index < -0.39 is 11.9 Å². The van der Waals surface area contributed by atoms with Crippen LogP contribution in [0.15, 0.2) is 0 Å². The van der Waals surface area contributed by atoms with Gasteiger partial charge in [0.25, 0.3) is 0 Å². The summed E-state index contributed by atoms with van der Waals surface area (Å²) in [5, 5.41) is 17.8. The molecular formula is C82H140O19. The number of cyclic esters (lactones) is 3. The van der Waals surface area contributed by atoms with E-state index in [-0.39, 0.29) is 144 Å². The summed E-state index contributed by atoms with van der Waals surface area (Å²) in [5.41, 5.74) is -0.278. The first kappa shape index (κ1) is 86.0. The first-order valence-electron chi connectivity index (χ1n) is 41.2. The molecule has 0 aromatic rings. The highest BCUT2D eigenvalue weighted by Crippen LogP contribution is 2.47. The average Bonchev–Trinajstić information content (AvgIpc) is 1.65. The summed E-state index contributed by atoms with van der Waals surface area (Å²) in [6.45, 7) is 35.4. The van der Waals surface area contributed by atoms with Gasteiger partial charge in [-0.3, -0.25) is 33.6 Å². The normalized spacial score (nSPS) is 37.8. The number of ether oxygens (including phenoxy) is 10. The molecule has 8 saturated heterocycles. The van der Waals surface area contributed by atoms with Gasteiger partial charge in [0.1, 0.15) is 11.2 Å². The van der Waals surface area contributed by atoms with Crippen molar-refractivity contribution in [2.75, 3.05) is 19.8 Å². The minimum Gasteiger partial charge on any atom is -0.481 e. The maximum atomic E-state index is 12.6. The van der Waals surface area contributed by atoms with Gasteiger partial charge in [0.2, 0.25) is 0 Å². The van der Waals surface area contributed by atoms with E-state index in [1.165, 1.54) is 38.5 Å². The summed E-state index contributed by atoms with van der Waals surface area (Å²) >= 11 is 0. The molecule has 0 amide bonds. The Balaban J connectivity index is 0.000000187. The highest BCUT2D eigenvalue weighted by Gasteiger charge is 2.55. The lowest BCUT2D eigenvalue weighted by molar-refractivity contribution is -0.167. The molecule has 0 aromatic heterocycles. The molecule has 19 nitrogen and oxygen atoms in total. The number of carbonyl (C=O) groups excluding carboxylic acids is 5. The molecule has 4 aliphatic carbocycles. The summed E-state index contributed by atoms with van der Waals surface area (Å²) in [6, 6.07) is 0. The van der Waals surface area contributed by atoms with Crippen molar-refractivity contribution in [3.05, 3.63) is 0 Å². The van der Waals surface area contributed by atoms with Crippen molar-refractivity contribution in [3.8, 4) is 0 Å². The van der Waals surface area contributed by atoms with Gasteiger partial charge in [0, 0.05) is 17.8 Å². The Bertz CT molecular complexity index is 2320. The Hall–Kier alpha value is -3.91. The fraction of sp³-hybridized carbons (Fsp3) is 0.915. The molecule has 0 spiro atoms. The third-order valence-electron chi connectivity index (χ3n) is 25.9.